The Kier molecular flexibility index (Phi) is 4.44. The van der Waals surface area contributed by atoms with Crippen molar-refractivity contribution in [3.05, 3.63) is 24.0 Å². The van der Waals surface area contributed by atoms with Gasteiger partial charge in [0, 0.05) is 38.9 Å². The second kappa shape index (κ2) is 6.89. The summed E-state index contributed by atoms with van der Waals surface area (Å²) < 4.78 is 7.33. The van der Waals surface area contributed by atoms with E-state index in [4.69, 9.17) is 4.52 Å². The SMILES string of the molecule is CCCc1cc(N2CCCC(c3nc(N(C)C)no3)C2)n2ncnc2n1. The summed E-state index contributed by atoms with van der Waals surface area (Å²) in [6.45, 7) is 3.94. The summed E-state index contributed by atoms with van der Waals surface area (Å²) in [5.74, 6) is 3.22. The van der Waals surface area contributed by atoms with Gasteiger partial charge in [-0.15, -0.1) is 0 Å². The number of anilines is 2. The van der Waals surface area contributed by atoms with Gasteiger partial charge in [0.05, 0.1) is 5.92 Å². The van der Waals surface area contributed by atoms with Gasteiger partial charge in [-0.05, 0) is 24.4 Å². The van der Waals surface area contributed by atoms with Gasteiger partial charge in [0.2, 0.25) is 5.89 Å². The van der Waals surface area contributed by atoms with Crippen molar-refractivity contribution < 1.29 is 4.52 Å². The third-order valence-corrected chi connectivity index (χ3v) is 4.72. The second-order valence-corrected chi connectivity index (χ2v) is 6.94. The predicted molar refractivity (Wildman–Crippen MR) is 97.6 cm³/mol. The summed E-state index contributed by atoms with van der Waals surface area (Å²) in [5.41, 5.74) is 1.05. The molecule has 1 aliphatic rings. The summed E-state index contributed by atoms with van der Waals surface area (Å²) in [5, 5.41) is 8.42. The average molecular weight is 356 g/mol. The van der Waals surface area contributed by atoms with Gasteiger partial charge >= 0.3 is 0 Å². The topological polar surface area (TPSA) is 88.5 Å². The zero-order chi connectivity index (χ0) is 18.1. The van der Waals surface area contributed by atoms with Crippen molar-refractivity contribution in [2.75, 3.05) is 37.0 Å². The molecule has 0 amide bonds. The molecule has 0 aromatic carbocycles. The van der Waals surface area contributed by atoms with E-state index in [0.717, 1.165) is 50.3 Å². The first-order valence-corrected chi connectivity index (χ1v) is 9.11. The highest BCUT2D eigenvalue weighted by Crippen LogP contribution is 2.30. The van der Waals surface area contributed by atoms with E-state index in [1.165, 1.54) is 0 Å². The lowest BCUT2D eigenvalue weighted by molar-refractivity contribution is 0.332. The number of hydrogen-bond donors (Lipinski definition) is 0. The Morgan fingerprint density at radius 1 is 1.31 bits per heavy atom. The lowest BCUT2D eigenvalue weighted by atomic mass is 9.98. The molecule has 1 unspecified atom stereocenters. The van der Waals surface area contributed by atoms with Crippen LogP contribution in [0.15, 0.2) is 16.9 Å². The lowest BCUT2D eigenvalue weighted by Crippen LogP contribution is -2.36. The molecule has 0 radical (unpaired) electrons. The minimum Gasteiger partial charge on any atom is -0.356 e. The first kappa shape index (κ1) is 16.7. The van der Waals surface area contributed by atoms with E-state index in [2.05, 4.69) is 43.1 Å². The highest BCUT2D eigenvalue weighted by Gasteiger charge is 2.28. The van der Waals surface area contributed by atoms with E-state index in [0.29, 0.717) is 17.6 Å². The van der Waals surface area contributed by atoms with Gasteiger partial charge in [-0.25, -0.2) is 4.98 Å². The van der Waals surface area contributed by atoms with Crippen LogP contribution in [-0.2, 0) is 6.42 Å². The Labute approximate surface area is 152 Å². The van der Waals surface area contributed by atoms with E-state index in [9.17, 15) is 0 Å². The van der Waals surface area contributed by atoms with Gasteiger partial charge < -0.3 is 14.3 Å². The molecular formula is C17H24N8O. The molecule has 9 nitrogen and oxygen atoms in total. The molecule has 1 saturated heterocycles. The van der Waals surface area contributed by atoms with E-state index >= 15 is 0 Å². The Morgan fingerprint density at radius 2 is 2.19 bits per heavy atom. The largest absolute Gasteiger partial charge is 0.356 e. The molecule has 0 spiro atoms. The number of nitrogens with zero attached hydrogens (tertiary/aromatic N) is 8. The lowest BCUT2D eigenvalue weighted by Gasteiger charge is -2.32. The summed E-state index contributed by atoms with van der Waals surface area (Å²) in [6.07, 6.45) is 5.65. The summed E-state index contributed by atoms with van der Waals surface area (Å²) >= 11 is 0. The van der Waals surface area contributed by atoms with E-state index in [-0.39, 0.29) is 5.92 Å². The van der Waals surface area contributed by atoms with Crippen LogP contribution in [0, 0.1) is 0 Å². The maximum Gasteiger partial charge on any atom is 0.265 e. The predicted octanol–water partition coefficient (Wildman–Crippen LogP) is 1.91. The minimum absolute atomic E-state index is 0.214. The molecular weight excluding hydrogens is 332 g/mol. The van der Waals surface area contributed by atoms with Crippen molar-refractivity contribution in [3.8, 4) is 0 Å². The van der Waals surface area contributed by atoms with Gasteiger partial charge in [0.1, 0.15) is 12.1 Å². The normalized spacial score (nSPS) is 17.8. The van der Waals surface area contributed by atoms with Crippen LogP contribution in [0.5, 0.6) is 0 Å². The maximum absolute atomic E-state index is 5.51. The standard InChI is InChI=1S/C17H24N8O/c1-4-6-13-9-14(25-16(20-13)18-11-19-25)24-8-5-7-12(10-24)15-21-17(22-26-15)23(2)3/h9,11-12H,4-8,10H2,1-3H3. The van der Waals surface area contributed by atoms with Crippen LogP contribution in [0.3, 0.4) is 0 Å². The highest BCUT2D eigenvalue weighted by atomic mass is 16.5. The van der Waals surface area contributed by atoms with Crippen LogP contribution in [0.25, 0.3) is 5.78 Å². The number of fused-ring (bicyclic) bond motifs is 1. The van der Waals surface area contributed by atoms with E-state index in [1.807, 2.05) is 23.5 Å². The minimum atomic E-state index is 0.214. The van der Waals surface area contributed by atoms with Crippen molar-refractivity contribution in [2.24, 2.45) is 0 Å². The smallest absolute Gasteiger partial charge is 0.265 e. The third kappa shape index (κ3) is 3.09. The number of rotatable bonds is 5. The fourth-order valence-corrected chi connectivity index (χ4v) is 3.41. The van der Waals surface area contributed by atoms with Gasteiger partial charge in [-0.2, -0.15) is 19.6 Å². The van der Waals surface area contributed by atoms with Crippen molar-refractivity contribution in [2.45, 2.75) is 38.5 Å². The van der Waals surface area contributed by atoms with E-state index in [1.54, 1.807) is 6.33 Å². The molecule has 0 bridgehead atoms. The molecule has 138 valence electrons. The Hall–Kier alpha value is -2.71. The molecule has 3 aromatic heterocycles. The van der Waals surface area contributed by atoms with Crippen molar-refractivity contribution in [1.29, 1.82) is 0 Å². The maximum atomic E-state index is 5.51. The average Bonchev–Trinajstić information content (AvgIpc) is 3.31. The van der Waals surface area contributed by atoms with Crippen LogP contribution >= 0.6 is 0 Å². The molecule has 4 rings (SSSR count). The molecule has 9 heteroatoms. The third-order valence-electron chi connectivity index (χ3n) is 4.72. The first-order valence-electron chi connectivity index (χ1n) is 9.11. The molecule has 1 atom stereocenters. The number of hydrogen-bond acceptors (Lipinski definition) is 8. The molecule has 1 aliphatic heterocycles. The van der Waals surface area contributed by atoms with E-state index < -0.39 is 0 Å². The highest BCUT2D eigenvalue weighted by molar-refractivity contribution is 5.48. The zero-order valence-electron chi connectivity index (χ0n) is 15.5. The molecule has 0 N–H and O–H groups in total. The Morgan fingerprint density at radius 3 is 2.96 bits per heavy atom. The summed E-state index contributed by atoms with van der Waals surface area (Å²) in [6, 6.07) is 2.13. The molecule has 4 heterocycles. The van der Waals surface area contributed by atoms with Crippen LogP contribution in [-0.4, -0.2) is 56.9 Å². The van der Waals surface area contributed by atoms with Gasteiger partial charge in [0.15, 0.2) is 0 Å². The molecule has 0 aliphatic carbocycles. The fourth-order valence-electron chi connectivity index (χ4n) is 3.41. The van der Waals surface area contributed by atoms with Crippen molar-refractivity contribution >= 4 is 17.5 Å². The first-order chi connectivity index (χ1) is 12.7. The second-order valence-electron chi connectivity index (χ2n) is 6.94. The Balaban J connectivity index is 1.63. The quantitative estimate of drug-likeness (QED) is 0.685. The van der Waals surface area contributed by atoms with Gasteiger partial charge in [-0.1, -0.05) is 13.3 Å². The van der Waals surface area contributed by atoms with Gasteiger partial charge in [0.25, 0.3) is 11.7 Å². The summed E-state index contributed by atoms with van der Waals surface area (Å²) in [4.78, 5) is 17.6. The van der Waals surface area contributed by atoms with Crippen LogP contribution in [0.4, 0.5) is 11.8 Å². The Bertz CT molecular complexity index is 886. The molecule has 26 heavy (non-hydrogen) atoms. The molecule has 0 saturated carbocycles. The fraction of sp³-hybridized carbons (Fsp3) is 0.588. The van der Waals surface area contributed by atoms with Crippen molar-refractivity contribution in [1.82, 2.24) is 29.7 Å². The van der Waals surface area contributed by atoms with Crippen LogP contribution in [0.1, 0.15) is 43.7 Å². The number of aromatic nitrogens is 6. The number of aryl methyl sites for hydroxylation is 1. The summed E-state index contributed by atoms with van der Waals surface area (Å²) in [7, 11) is 3.82. The van der Waals surface area contributed by atoms with Gasteiger partial charge in [-0.3, -0.25) is 0 Å². The number of piperidine rings is 1. The van der Waals surface area contributed by atoms with Crippen LogP contribution in [0.2, 0.25) is 0 Å². The van der Waals surface area contributed by atoms with Crippen molar-refractivity contribution in [3.63, 3.8) is 0 Å². The molecule has 1 fully saturated rings. The molecule has 3 aromatic rings. The van der Waals surface area contributed by atoms with Crippen LogP contribution < -0.4 is 9.80 Å². The zero-order valence-corrected chi connectivity index (χ0v) is 15.5. The monoisotopic (exact) mass is 356 g/mol.